The van der Waals surface area contributed by atoms with E-state index in [1.54, 1.807) is 0 Å². The Kier molecular flexibility index (Phi) is 2.86. The summed E-state index contributed by atoms with van der Waals surface area (Å²) in [4.78, 5) is 4.56. The van der Waals surface area contributed by atoms with E-state index < -0.39 is 0 Å². The van der Waals surface area contributed by atoms with Crippen molar-refractivity contribution in [3.63, 3.8) is 0 Å². The van der Waals surface area contributed by atoms with Crippen LogP contribution in [0.1, 0.15) is 38.1 Å². The van der Waals surface area contributed by atoms with Crippen molar-refractivity contribution in [2.24, 2.45) is 0 Å². The third-order valence-electron chi connectivity index (χ3n) is 2.68. The highest BCUT2D eigenvalue weighted by atomic mass is 16.5. The molecule has 3 heteroatoms. The first-order valence-corrected chi connectivity index (χ1v) is 5.75. The second kappa shape index (κ2) is 4.16. The van der Waals surface area contributed by atoms with Crippen LogP contribution < -0.4 is 4.74 Å². The van der Waals surface area contributed by atoms with Crippen LogP contribution in [-0.4, -0.2) is 16.0 Å². The number of ether oxygens (including phenoxy) is 1. The molecule has 0 spiro atoms. The Morgan fingerprint density at radius 2 is 2.19 bits per heavy atom. The van der Waals surface area contributed by atoms with Gasteiger partial charge in [-0.3, -0.25) is 0 Å². The van der Waals surface area contributed by atoms with Gasteiger partial charge in [0.25, 0.3) is 0 Å². The normalized spacial score (nSPS) is 11.3. The summed E-state index contributed by atoms with van der Waals surface area (Å²) >= 11 is 0. The van der Waals surface area contributed by atoms with E-state index in [0.29, 0.717) is 12.5 Å². The van der Waals surface area contributed by atoms with Crippen LogP contribution in [0.2, 0.25) is 0 Å². The fourth-order valence-corrected chi connectivity index (χ4v) is 2.11. The molecule has 0 saturated carbocycles. The van der Waals surface area contributed by atoms with E-state index in [9.17, 15) is 0 Å². The van der Waals surface area contributed by atoms with Crippen LogP contribution in [0.3, 0.4) is 0 Å². The number of imidazole rings is 1. The summed E-state index contributed by atoms with van der Waals surface area (Å²) in [5.74, 6) is 1.36. The Labute approximate surface area is 96.1 Å². The zero-order valence-electron chi connectivity index (χ0n) is 10.3. The van der Waals surface area contributed by atoms with E-state index in [1.165, 1.54) is 5.69 Å². The number of hydrogen-bond acceptors (Lipinski definition) is 2. The quantitative estimate of drug-likeness (QED) is 0.791. The number of aryl methyl sites for hydroxylation is 1. The Morgan fingerprint density at radius 3 is 2.81 bits per heavy atom. The molecule has 0 aliphatic heterocycles. The molecule has 2 heterocycles. The van der Waals surface area contributed by atoms with Crippen molar-refractivity contribution in [2.45, 2.75) is 33.6 Å². The van der Waals surface area contributed by atoms with E-state index in [-0.39, 0.29) is 0 Å². The molecule has 2 aromatic rings. The van der Waals surface area contributed by atoms with Crippen LogP contribution in [0.5, 0.6) is 5.75 Å². The topological polar surface area (TPSA) is 26.5 Å². The van der Waals surface area contributed by atoms with Crippen molar-refractivity contribution < 1.29 is 4.74 Å². The molecule has 0 saturated heterocycles. The standard InChI is InChI=1S/C13H18N2O/c1-5-16-11-6-7-15-12(8-11)14-10(4)13(15)9(2)3/h6-9H,5H2,1-4H3. The van der Waals surface area contributed by atoms with Crippen LogP contribution in [0.4, 0.5) is 0 Å². The van der Waals surface area contributed by atoms with Gasteiger partial charge in [0.05, 0.1) is 12.3 Å². The molecule has 0 aliphatic rings. The monoisotopic (exact) mass is 218 g/mol. The van der Waals surface area contributed by atoms with Gasteiger partial charge in [0, 0.05) is 18.0 Å². The van der Waals surface area contributed by atoms with Crippen molar-refractivity contribution in [2.75, 3.05) is 6.61 Å². The first-order valence-electron chi connectivity index (χ1n) is 5.75. The minimum Gasteiger partial charge on any atom is -0.494 e. The van der Waals surface area contributed by atoms with Gasteiger partial charge in [0.1, 0.15) is 11.4 Å². The first kappa shape index (κ1) is 11.0. The highest BCUT2D eigenvalue weighted by Crippen LogP contribution is 2.23. The molecule has 3 nitrogen and oxygen atoms in total. The number of nitrogens with zero attached hydrogens (tertiary/aromatic N) is 2. The van der Waals surface area contributed by atoms with Gasteiger partial charge < -0.3 is 9.14 Å². The minimum atomic E-state index is 0.480. The van der Waals surface area contributed by atoms with E-state index in [4.69, 9.17) is 4.74 Å². The molecule has 0 N–H and O–H groups in total. The molecule has 0 amide bonds. The molecule has 86 valence electrons. The lowest BCUT2D eigenvalue weighted by molar-refractivity contribution is 0.340. The third kappa shape index (κ3) is 1.77. The summed E-state index contributed by atoms with van der Waals surface area (Å²) in [5, 5.41) is 0. The smallest absolute Gasteiger partial charge is 0.140 e. The lowest BCUT2D eigenvalue weighted by Gasteiger charge is -2.07. The van der Waals surface area contributed by atoms with Crippen molar-refractivity contribution in [3.05, 3.63) is 29.7 Å². The van der Waals surface area contributed by atoms with Crippen LogP contribution in [0, 0.1) is 6.92 Å². The zero-order chi connectivity index (χ0) is 11.7. The summed E-state index contributed by atoms with van der Waals surface area (Å²) in [6, 6.07) is 3.98. The summed E-state index contributed by atoms with van der Waals surface area (Å²) < 4.78 is 7.61. The molecular weight excluding hydrogens is 200 g/mol. The van der Waals surface area contributed by atoms with Crippen LogP contribution in [0.15, 0.2) is 18.3 Å². The molecule has 2 aromatic heterocycles. The number of fused-ring (bicyclic) bond motifs is 1. The average Bonchev–Trinajstić information content (AvgIpc) is 2.53. The highest BCUT2D eigenvalue weighted by molar-refractivity contribution is 5.48. The number of pyridine rings is 1. The van der Waals surface area contributed by atoms with Gasteiger partial charge in [0.15, 0.2) is 0 Å². The second-order valence-electron chi connectivity index (χ2n) is 4.26. The molecule has 0 atom stereocenters. The SMILES string of the molecule is CCOc1ccn2c(C(C)C)c(C)nc2c1. The van der Waals surface area contributed by atoms with Crippen LogP contribution in [0.25, 0.3) is 5.65 Å². The Balaban J connectivity index is 2.56. The van der Waals surface area contributed by atoms with Gasteiger partial charge in [-0.05, 0) is 25.8 Å². The summed E-state index contributed by atoms with van der Waals surface area (Å²) in [5.41, 5.74) is 3.34. The van der Waals surface area contributed by atoms with Gasteiger partial charge in [-0.2, -0.15) is 0 Å². The lowest BCUT2D eigenvalue weighted by Crippen LogP contribution is -1.97. The molecule has 0 aromatic carbocycles. The fraction of sp³-hybridized carbons (Fsp3) is 0.462. The second-order valence-corrected chi connectivity index (χ2v) is 4.26. The summed E-state index contributed by atoms with van der Waals surface area (Å²) in [6.07, 6.45) is 2.04. The minimum absolute atomic E-state index is 0.480. The maximum absolute atomic E-state index is 5.47. The first-order chi connectivity index (χ1) is 7.63. The molecule has 0 fully saturated rings. The van der Waals surface area contributed by atoms with Gasteiger partial charge >= 0.3 is 0 Å². The van der Waals surface area contributed by atoms with Gasteiger partial charge in [-0.1, -0.05) is 13.8 Å². The van der Waals surface area contributed by atoms with Gasteiger partial charge in [0.2, 0.25) is 0 Å². The van der Waals surface area contributed by atoms with E-state index in [1.807, 2.05) is 25.3 Å². The molecule has 0 bridgehead atoms. The van der Waals surface area contributed by atoms with Crippen molar-refractivity contribution >= 4 is 5.65 Å². The molecule has 16 heavy (non-hydrogen) atoms. The van der Waals surface area contributed by atoms with Crippen LogP contribution in [-0.2, 0) is 0 Å². The molecule has 0 radical (unpaired) electrons. The Hall–Kier alpha value is -1.51. The lowest BCUT2D eigenvalue weighted by atomic mass is 10.1. The molecule has 0 aliphatic carbocycles. The molecule has 0 unspecified atom stereocenters. The maximum atomic E-state index is 5.47. The number of rotatable bonds is 3. The average molecular weight is 218 g/mol. The van der Waals surface area contributed by atoms with E-state index in [2.05, 4.69) is 30.2 Å². The predicted molar refractivity (Wildman–Crippen MR) is 65.2 cm³/mol. The van der Waals surface area contributed by atoms with Gasteiger partial charge in [-0.25, -0.2) is 4.98 Å². The van der Waals surface area contributed by atoms with E-state index >= 15 is 0 Å². The summed E-state index contributed by atoms with van der Waals surface area (Å²) in [6.45, 7) is 9.11. The molecular formula is C13H18N2O. The number of aromatic nitrogens is 2. The van der Waals surface area contributed by atoms with Crippen molar-refractivity contribution in [3.8, 4) is 5.75 Å². The number of hydrogen-bond donors (Lipinski definition) is 0. The zero-order valence-corrected chi connectivity index (χ0v) is 10.3. The maximum Gasteiger partial charge on any atom is 0.140 e. The largest absolute Gasteiger partial charge is 0.494 e. The van der Waals surface area contributed by atoms with Crippen molar-refractivity contribution in [1.82, 2.24) is 9.38 Å². The predicted octanol–water partition coefficient (Wildman–Crippen LogP) is 3.16. The fourth-order valence-electron chi connectivity index (χ4n) is 2.11. The van der Waals surface area contributed by atoms with Crippen LogP contribution >= 0.6 is 0 Å². The van der Waals surface area contributed by atoms with Crippen molar-refractivity contribution in [1.29, 1.82) is 0 Å². The highest BCUT2D eigenvalue weighted by Gasteiger charge is 2.12. The third-order valence-corrected chi connectivity index (χ3v) is 2.68. The van der Waals surface area contributed by atoms with E-state index in [0.717, 1.165) is 17.1 Å². The van der Waals surface area contributed by atoms with Gasteiger partial charge in [-0.15, -0.1) is 0 Å². The molecule has 2 rings (SSSR count). The Morgan fingerprint density at radius 1 is 1.44 bits per heavy atom. The summed E-state index contributed by atoms with van der Waals surface area (Å²) in [7, 11) is 0. The Bertz CT molecular complexity index is 500.